The van der Waals surface area contributed by atoms with Gasteiger partial charge in [0.25, 0.3) is 0 Å². The molecule has 0 aliphatic rings. The van der Waals surface area contributed by atoms with Gasteiger partial charge in [-0.15, -0.1) is 0 Å². The summed E-state index contributed by atoms with van der Waals surface area (Å²) in [6.45, 7) is 6.57. The van der Waals surface area contributed by atoms with Crippen molar-refractivity contribution in [1.82, 2.24) is 9.97 Å². The van der Waals surface area contributed by atoms with Gasteiger partial charge < -0.3 is 10.2 Å². The second-order valence-electron chi connectivity index (χ2n) is 3.65. The zero-order chi connectivity index (χ0) is 12.5. The van der Waals surface area contributed by atoms with Crippen molar-refractivity contribution in [2.24, 2.45) is 0 Å². The van der Waals surface area contributed by atoms with Crippen LogP contribution >= 0.6 is 0 Å². The Morgan fingerprint density at radius 3 is 2.94 bits per heavy atom. The van der Waals surface area contributed by atoms with Crippen molar-refractivity contribution in [3.05, 3.63) is 12.3 Å². The van der Waals surface area contributed by atoms with Gasteiger partial charge in [0, 0.05) is 25.8 Å². The number of nitrogens with one attached hydrogen (secondary N) is 1. The van der Waals surface area contributed by atoms with Crippen molar-refractivity contribution >= 4 is 11.8 Å². The molecule has 0 aliphatic carbocycles. The zero-order valence-electron chi connectivity index (χ0n) is 10.5. The number of rotatable bonds is 7. The smallest absolute Gasteiger partial charge is 0.224 e. The molecular formula is C12H19N5. The molecule has 5 nitrogen and oxygen atoms in total. The number of aromatic nitrogens is 2. The van der Waals surface area contributed by atoms with Crippen LogP contribution in [0.4, 0.5) is 11.8 Å². The van der Waals surface area contributed by atoms with Gasteiger partial charge in [0.15, 0.2) is 0 Å². The topological polar surface area (TPSA) is 64.8 Å². The zero-order valence-corrected chi connectivity index (χ0v) is 10.5. The van der Waals surface area contributed by atoms with Crippen LogP contribution in [0, 0.1) is 11.3 Å². The number of nitrogens with zero attached hydrogens (tertiary/aromatic N) is 4. The molecule has 0 aromatic carbocycles. The van der Waals surface area contributed by atoms with E-state index in [9.17, 15) is 0 Å². The molecule has 0 saturated carbocycles. The van der Waals surface area contributed by atoms with Gasteiger partial charge in [0.2, 0.25) is 5.95 Å². The molecule has 1 N–H and O–H groups in total. The Labute approximate surface area is 102 Å². The van der Waals surface area contributed by atoms with Crippen molar-refractivity contribution in [3.8, 4) is 6.07 Å². The summed E-state index contributed by atoms with van der Waals surface area (Å²) in [4.78, 5) is 10.7. The van der Waals surface area contributed by atoms with E-state index in [1.165, 1.54) is 0 Å². The van der Waals surface area contributed by atoms with E-state index in [4.69, 9.17) is 5.26 Å². The van der Waals surface area contributed by atoms with Crippen LogP contribution in [0.15, 0.2) is 12.3 Å². The minimum atomic E-state index is 0.509. The standard InChI is InChI=1S/C12H19N5/c1-3-8-14-12-15-9-6-11(16-12)17(4-2)10-5-7-13/h6,9H,3-5,8,10H2,1-2H3,(H,14,15,16). The molecule has 1 aromatic rings. The second kappa shape index (κ2) is 7.44. The lowest BCUT2D eigenvalue weighted by molar-refractivity contribution is 0.807. The van der Waals surface area contributed by atoms with Crippen LogP contribution in [-0.2, 0) is 0 Å². The first-order valence-corrected chi connectivity index (χ1v) is 6.00. The Kier molecular flexibility index (Phi) is 5.80. The fourth-order valence-corrected chi connectivity index (χ4v) is 1.47. The van der Waals surface area contributed by atoms with Gasteiger partial charge in [-0.05, 0) is 19.4 Å². The Bertz CT molecular complexity index is 371. The average Bonchev–Trinajstić information content (AvgIpc) is 2.38. The summed E-state index contributed by atoms with van der Waals surface area (Å²) in [5.41, 5.74) is 0. The molecule has 0 fully saturated rings. The summed E-state index contributed by atoms with van der Waals surface area (Å²) in [7, 11) is 0. The summed E-state index contributed by atoms with van der Waals surface area (Å²) in [6, 6.07) is 4.02. The Balaban J connectivity index is 2.70. The average molecular weight is 233 g/mol. The van der Waals surface area contributed by atoms with Crippen LogP contribution in [0.5, 0.6) is 0 Å². The van der Waals surface area contributed by atoms with Gasteiger partial charge in [0.1, 0.15) is 5.82 Å². The fourth-order valence-electron chi connectivity index (χ4n) is 1.47. The normalized spacial score (nSPS) is 9.71. The van der Waals surface area contributed by atoms with Gasteiger partial charge >= 0.3 is 0 Å². The Morgan fingerprint density at radius 2 is 2.29 bits per heavy atom. The molecule has 0 saturated heterocycles. The summed E-state index contributed by atoms with van der Waals surface area (Å²) in [6.07, 6.45) is 3.30. The quantitative estimate of drug-likeness (QED) is 0.780. The Hall–Kier alpha value is -1.83. The Morgan fingerprint density at radius 1 is 1.47 bits per heavy atom. The maximum absolute atomic E-state index is 8.61. The molecule has 0 atom stereocenters. The molecule has 1 heterocycles. The largest absolute Gasteiger partial charge is 0.356 e. The number of anilines is 2. The van der Waals surface area contributed by atoms with E-state index in [1.54, 1.807) is 6.20 Å². The van der Waals surface area contributed by atoms with Crippen molar-refractivity contribution in [1.29, 1.82) is 5.26 Å². The van der Waals surface area contributed by atoms with Crippen molar-refractivity contribution < 1.29 is 0 Å². The third kappa shape index (κ3) is 4.27. The monoisotopic (exact) mass is 233 g/mol. The van der Waals surface area contributed by atoms with Crippen LogP contribution in [0.2, 0.25) is 0 Å². The predicted octanol–water partition coefficient (Wildman–Crippen LogP) is 2.04. The SMILES string of the molecule is CCCNc1nccc(N(CC)CCC#N)n1. The molecule has 92 valence electrons. The highest BCUT2D eigenvalue weighted by molar-refractivity contribution is 5.42. The van der Waals surface area contributed by atoms with E-state index in [-0.39, 0.29) is 0 Å². The first kappa shape index (κ1) is 13.2. The summed E-state index contributed by atoms with van der Waals surface area (Å²) in [5, 5.41) is 11.8. The van der Waals surface area contributed by atoms with Gasteiger partial charge in [-0.2, -0.15) is 10.2 Å². The molecule has 0 amide bonds. The van der Waals surface area contributed by atoms with E-state index < -0.39 is 0 Å². The van der Waals surface area contributed by atoms with Gasteiger partial charge in [0.05, 0.1) is 12.5 Å². The van der Waals surface area contributed by atoms with E-state index in [1.807, 2.05) is 6.07 Å². The minimum absolute atomic E-state index is 0.509. The maximum Gasteiger partial charge on any atom is 0.224 e. The highest BCUT2D eigenvalue weighted by Crippen LogP contribution is 2.12. The molecule has 5 heteroatoms. The lowest BCUT2D eigenvalue weighted by atomic mass is 10.4. The molecule has 0 unspecified atom stereocenters. The minimum Gasteiger partial charge on any atom is -0.356 e. The summed E-state index contributed by atoms with van der Waals surface area (Å²) < 4.78 is 0. The van der Waals surface area contributed by atoms with Crippen LogP contribution in [0.25, 0.3) is 0 Å². The van der Waals surface area contributed by atoms with E-state index in [0.717, 1.165) is 25.3 Å². The van der Waals surface area contributed by atoms with Crippen LogP contribution < -0.4 is 10.2 Å². The third-order valence-electron chi connectivity index (χ3n) is 2.37. The molecule has 17 heavy (non-hydrogen) atoms. The van der Waals surface area contributed by atoms with Crippen LogP contribution in [-0.4, -0.2) is 29.6 Å². The van der Waals surface area contributed by atoms with Crippen molar-refractivity contribution in [2.75, 3.05) is 29.9 Å². The van der Waals surface area contributed by atoms with E-state index >= 15 is 0 Å². The third-order valence-corrected chi connectivity index (χ3v) is 2.37. The highest BCUT2D eigenvalue weighted by atomic mass is 15.2. The summed E-state index contributed by atoms with van der Waals surface area (Å²) in [5.74, 6) is 1.52. The van der Waals surface area contributed by atoms with Crippen molar-refractivity contribution in [3.63, 3.8) is 0 Å². The van der Waals surface area contributed by atoms with Crippen molar-refractivity contribution in [2.45, 2.75) is 26.7 Å². The molecule has 1 rings (SSSR count). The highest BCUT2D eigenvalue weighted by Gasteiger charge is 2.06. The second-order valence-corrected chi connectivity index (χ2v) is 3.65. The van der Waals surface area contributed by atoms with Gasteiger partial charge in [-0.25, -0.2) is 4.98 Å². The van der Waals surface area contributed by atoms with Gasteiger partial charge in [-0.3, -0.25) is 0 Å². The molecule has 0 radical (unpaired) electrons. The van der Waals surface area contributed by atoms with Crippen LogP contribution in [0.1, 0.15) is 26.7 Å². The molecule has 1 aromatic heterocycles. The molecule has 0 bridgehead atoms. The lowest BCUT2D eigenvalue weighted by Gasteiger charge is -2.20. The molecular weight excluding hydrogens is 214 g/mol. The number of hydrogen-bond acceptors (Lipinski definition) is 5. The number of nitriles is 1. The number of hydrogen-bond donors (Lipinski definition) is 1. The molecule has 0 aliphatic heterocycles. The van der Waals surface area contributed by atoms with Gasteiger partial charge in [-0.1, -0.05) is 6.92 Å². The van der Waals surface area contributed by atoms with E-state index in [0.29, 0.717) is 18.9 Å². The summed E-state index contributed by atoms with van der Waals surface area (Å²) >= 11 is 0. The van der Waals surface area contributed by atoms with E-state index in [2.05, 4.69) is 40.1 Å². The fraction of sp³-hybridized carbons (Fsp3) is 0.583. The maximum atomic E-state index is 8.61. The lowest BCUT2D eigenvalue weighted by Crippen LogP contribution is -2.25. The predicted molar refractivity (Wildman–Crippen MR) is 68.9 cm³/mol. The first-order chi connectivity index (χ1) is 8.31. The first-order valence-electron chi connectivity index (χ1n) is 6.00. The molecule has 0 spiro atoms. The van der Waals surface area contributed by atoms with Crippen LogP contribution in [0.3, 0.4) is 0 Å².